The van der Waals surface area contributed by atoms with E-state index in [9.17, 15) is 4.79 Å². The maximum Gasteiger partial charge on any atom is 0.224 e. The van der Waals surface area contributed by atoms with E-state index < -0.39 is 0 Å². The lowest BCUT2D eigenvalue weighted by Crippen LogP contribution is -2.35. The van der Waals surface area contributed by atoms with Gasteiger partial charge in [0.15, 0.2) is 0 Å². The summed E-state index contributed by atoms with van der Waals surface area (Å²) in [5.41, 5.74) is 1.11. The Kier molecular flexibility index (Phi) is 4.95. The van der Waals surface area contributed by atoms with Gasteiger partial charge in [-0.2, -0.15) is 5.10 Å². The van der Waals surface area contributed by atoms with Crippen LogP contribution in [0.25, 0.3) is 0 Å². The molecular formula is C19H23N7O. The second-order valence-corrected chi connectivity index (χ2v) is 6.89. The van der Waals surface area contributed by atoms with Crippen molar-refractivity contribution < 1.29 is 4.79 Å². The van der Waals surface area contributed by atoms with Gasteiger partial charge in [-0.05, 0) is 24.6 Å². The summed E-state index contributed by atoms with van der Waals surface area (Å²) >= 11 is 0. The van der Waals surface area contributed by atoms with Crippen LogP contribution in [-0.2, 0) is 24.2 Å². The third-order valence-corrected chi connectivity index (χ3v) is 4.99. The summed E-state index contributed by atoms with van der Waals surface area (Å²) < 4.78 is 3.98. The molecule has 0 saturated carbocycles. The van der Waals surface area contributed by atoms with Crippen molar-refractivity contribution >= 4 is 5.91 Å². The van der Waals surface area contributed by atoms with E-state index in [1.54, 1.807) is 12.4 Å². The molecule has 0 unspecified atom stereocenters. The van der Waals surface area contributed by atoms with E-state index in [1.807, 2.05) is 47.1 Å². The predicted octanol–water partition coefficient (Wildman–Crippen LogP) is 1.50. The first-order chi connectivity index (χ1) is 13.2. The maximum atomic E-state index is 12.7. The Morgan fingerprint density at radius 1 is 1.19 bits per heavy atom. The van der Waals surface area contributed by atoms with Crippen molar-refractivity contribution in [2.24, 2.45) is 0 Å². The second-order valence-electron chi connectivity index (χ2n) is 6.89. The highest BCUT2D eigenvalue weighted by atomic mass is 16.2. The first-order valence-electron chi connectivity index (χ1n) is 9.27. The smallest absolute Gasteiger partial charge is 0.224 e. The Morgan fingerprint density at radius 2 is 2.11 bits per heavy atom. The van der Waals surface area contributed by atoms with Crippen molar-refractivity contribution in [3.8, 4) is 0 Å². The molecule has 1 aliphatic heterocycles. The summed E-state index contributed by atoms with van der Waals surface area (Å²) in [4.78, 5) is 18.8. The molecule has 8 nitrogen and oxygen atoms in total. The molecule has 27 heavy (non-hydrogen) atoms. The number of carbonyl (C=O) groups is 1. The van der Waals surface area contributed by atoms with Gasteiger partial charge in [0.2, 0.25) is 5.91 Å². The van der Waals surface area contributed by atoms with E-state index in [0.717, 1.165) is 30.2 Å². The SMILES string of the molecule is C[C@@H](CC(=O)N1CCc2nnc(Cc3cccnc3)n2CC1)n1cccn1. The zero-order valence-corrected chi connectivity index (χ0v) is 15.4. The summed E-state index contributed by atoms with van der Waals surface area (Å²) in [5, 5.41) is 12.9. The normalized spacial score (nSPS) is 15.2. The molecule has 0 N–H and O–H groups in total. The van der Waals surface area contributed by atoms with Crippen LogP contribution in [0.4, 0.5) is 0 Å². The summed E-state index contributed by atoms with van der Waals surface area (Å²) in [6, 6.07) is 5.90. The molecular weight excluding hydrogens is 342 g/mol. The molecule has 0 aliphatic carbocycles. The second kappa shape index (κ2) is 7.69. The topological polar surface area (TPSA) is 81.7 Å². The molecule has 3 aromatic rings. The fourth-order valence-corrected chi connectivity index (χ4v) is 3.47. The molecule has 0 fully saturated rings. The van der Waals surface area contributed by atoms with Gasteiger partial charge in [-0.15, -0.1) is 10.2 Å². The van der Waals surface area contributed by atoms with Crippen molar-refractivity contribution in [2.45, 2.75) is 38.8 Å². The van der Waals surface area contributed by atoms with Crippen LogP contribution in [0.15, 0.2) is 43.0 Å². The average molecular weight is 365 g/mol. The standard InChI is InChI=1S/C19H23N7O/c1-15(26-8-3-7-21-26)12-19(27)24-9-5-17-22-23-18(25(17)11-10-24)13-16-4-2-6-20-14-16/h2-4,6-8,14-15H,5,9-13H2,1H3/t15-/m0/s1. The Bertz CT molecular complexity index is 888. The van der Waals surface area contributed by atoms with Gasteiger partial charge in [-0.25, -0.2) is 0 Å². The Balaban J connectivity index is 1.40. The van der Waals surface area contributed by atoms with E-state index in [4.69, 9.17) is 0 Å². The Hall–Kier alpha value is -3.03. The third kappa shape index (κ3) is 3.89. The number of hydrogen-bond acceptors (Lipinski definition) is 5. The summed E-state index contributed by atoms with van der Waals surface area (Å²) in [6.45, 7) is 4.09. The lowest BCUT2D eigenvalue weighted by Gasteiger charge is -2.22. The Labute approximate surface area is 157 Å². The molecule has 1 aliphatic rings. The van der Waals surface area contributed by atoms with E-state index in [2.05, 4.69) is 24.8 Å². The minimum absolute atomic E-state index is 0.0515. The lowest BCUT2D eigenvalue weighted by atomic mass is 10.2. The third-order valence-electron chi connectivity index (χ3n) is 4.99. The number of amides is 1. The largest absolute Gasteiger partial charge is 0.340 e. The van der Waals surface area contributed by atoms with Crippen LogP contribution < -0.4 is 0 Å². The van der Waals surface area contributed by atoms with E-state index in [-0.39, 0.29) is 11.9 Å². The van der Waals surface area contributed by atoms with Crippen LogP contribution in [0, 0.1) is 0 Å². The lowest BCUT2D eigenvalue weighted by molar-refractivity contribution is -0.132. The zero-order valence-electron chi connectivity index (χ0n) is 15.4. The number of fused-ring (bicyclic) bond motifs is 1. The highest BCUT2D eigenvalue weighted by Gasteiger charge is 2.23. The number of rotatable bonds is 5. The zero-order chi connectivity index (χ0) is 18.6. The van der Waals surface area contributed by atoms with Gasteiger partial charge < -0.3 is 9.47 Å². The van der Waals surface area contributed by atoms with Gasteiger partial charge in [-0.3, -0.25) is 14.5 Å². The maximum absolute atomic E-state index is 12.7. The average Bonchev–Trinajstić information content (AvgIpc) is 3.29. The molecule has 140 valence electrons. The van der Waals surface area contributed by atoms with Crippen LogP contribution in [0.5, 0.6) is 0 Å². The van der Waals surface area contributed by atoms with Crippen LogP contribution in [-0.4, -0.2) is 53.4 Å². The van der Waals surface area contributed by atoms with Gasteiger partial charge in [-0.1, -0.05) is 6.07 Å². The van der Waals surface area contributed by atoms with Gasteiger partial charge >= 0.3 is 0 Å². The van der Waals surface area contributed by atoms with E-state index in [1.165, 1.54) is 0 Å². The highest BCUT2D eigenvalue weighted by molar-refractivity contribution is 5.76. The van der Waals surface area contributed by atoms with Crippen molar-refractivity contribution in [3.63, 3.8) is 0 Å². The predicted molar refractivity (Wildman–Crippen MR) is 98.9 cm³/mol. The molecule has 0 aromatic carbocycles. The van der Waals surface area contributed by atoms with E-state index >= 15 is 0 Å². The molecule has 4 heterocycles. The number of pyridine rings is 1. The molecule has 3 aromatic heterocycles. The van der Waals surface area contributed by atoms with Gasteiger partial charge in [0, 0.05) is 63.7 Å². The molecule has 0 bridgehead atoms. The van der Waals surface area contributed by atoms with Crippen LogP contribution >= 0.6 is 0 Å². The van der Waals surface area contributed by atoms with Crippen LogP contribution in [0.2, 0.25) is 0 Å². The van der Waals surface area contributed by atoms with Crippen molar-refractivity contribution in [2.75, 3.05) is 13.1 Å². The fraction of sp³-hybridized carbons (Fsp3) is 0.421. The highest BCUT2D eigenvalue weighted by Crippen LogP contribution is 2.16. The summed E-state index contributed by atoms with van der Waals surface area (Å²) in [5.74, 6) is 2.03. The van der Waals surface area contributed by atoms with Gasteiger partial charge in [0.1, 0.15) is 11.6 Å². The first-order valence-corrected chi connectivity index (χ1v) is 9.27. The molecule has 0 spiro atoms. The molecule has 1 amide bonds. The minimum atomic E-state index is 0.0515. The van der Waals surface area contributed by atoms with Crippen molar-refractivity contribution in [1.29, 1.82) is 0 Å². The summed E-state index contributed by atoms with van der Waals surface area (Å²) in [6.07, 6.45) is 9.12. The van der Waals surface area contributed by atoms with Gasteiger partial charge in [0.05, 0.1) is 6.04 Å². The fourth-order valence-electron chi connectivity index (χ4n) is 3.47. The number of carbonyl (C=O) groups excluding carboxylic acids is 1. The molecule has 4 rings (SSSR count). The summed E-state index contributed by atoms with van der Waals surface area (Å²) in [7, 11) is 0. The van der Waals surface area contributed by atoms with Crippen molar-refractivity contribution in [3.05, 3.63) is 60.2 Å². The van der Waals surface area contributed by atoms with Gasteiger partial charge in [0.25, 0.3) is 0 Å². The van der Waals surface area contributed by atoms with Crippen LogP contribution in [0.3, 0.4) is 0 Å². The minimum Gasteiger partial charge on any atom is -0.340 e. The molecule has 8 heteroatoms. The Morgan fingerprint density at radius 3 is 2.89 bits per heavy atom. The monoisotopic (exact) mass is 365 g/mol. The van der Waals surface area contributed by atoms with Crippen LogP contribution in [0.1, 0.15) is 36.6 Å². The molecule has 0 saturated heterocycles. The quantitative estimate of drug-likeness (QED) is 0.684. The van der Waals surface area contributed by atoms with Crippen molar-refractivity contribution in [1.82, 2.24) is 34.4 Å². The molecule has 1 atom stereocenters. The number of nitrogens with zero attached hydrogens (tertiary/aromatic N) is 7. The molecule has 0 radical (unpaired) electrons. The number of hydrogen-bond donors (Lipinski definition) is 0. The first kappa shape index (κ1) is 17.4. The van der Waals surface area contributed by atoms with E-state index in [0.29, 0.717) is 25.9 Å². The number of aromatic nitrogens is 6.